The predicted molar refractivity (Wildman–Crippen MR) is 231 cm³/mol. The Bertz CT molecular complexity index is 3160. The smallest absolute Gasteiger partial charge is 0.160 e. The van der Waals surface area contributed by atoms with Gasteiger partial charge in [-0.05, 0) is 76.9 Å². The molecule has 262 valence electrons. The molecule has 0 aliphatic carbocycles. The number of fused-ring (bicyclic) bond motifs is 6. The van der Waals surface area contributed by atoms with Crippen LogP contribution in [0.1, 0.15) is 0 Å². The first-order chi connectivity index (χ1) is 27.7. The average molecular weight is 716 g/mol. The number of hydrogen-bond donors (Lipinski definition) is 0. The summed E-state index contributed by atoms with van der Waals surface area (Å²) < 4.78 is 8.45. The summed E-state index contributed by atoms with van der Waals surface area (Å²) in [4.78, 5) is 10.1. The highest BCUT2D eigenvalue weighted by Gasteiger charge is 2.15. The molecule has 4 heteroatoms. The third-order valence-corrected chi connectivity index (χ3v) is 10.8. The van der Waals surface area contributed by atoms with Crippen molar-refractivity contribution in [1.29, 1.82) is 0 Å². The zero-order chi connectivity index (χ0) is 37.0. The Morgan fingerprint density at radius 1 is 0.321 bits per heavy atom. The SMILES string of the molecule is c1ccc(-c2cc(-c3ccccc3)nc(-c3ccc(-c4ccc5c(c4)c4ccccc4n5-c4ccc(-c5ccc6oc7ccccc7c6c5)cc4)cc3)n2)cc1. The minimum Gasteiger partial charge on any atom is -0.456 e. The van der Waals surface area contributed by atoms with E-state index < -0.39 is 0 Å². The maximum absolute atomic E-state index is 6.08. The van der Waals surface area contributed by atoms with Gasteiger partial charge in [0, 0.05) is 43.9 Å². The topological polar surface area (TPSA) is 43.9 Å². The van der Waals surface area contributed by atoms with E-state index in [2.05, 4.69) is 156 Å². The van der Waals surface area contributed by atoms with Gasteiger partial charge >= 0.3 is 0 Å². The molecule has 0 spiro atoms. The van der Waals surface area contributed by atoms with Crippen LogP contribution in [-0.4, -0.2) is 14.5 Å². The largest absolute Gasteiger partial charge is 0.456 e. The van der Waals surface area contributed by atoms with E-state index in [0.717, 1.165) is 66.8 Å². The molecule has 0 radical (unpaired) electrons. The van der Waals surface area contributed by atoms with Crippen LogP contribution in [-0.2, 0) is 0 Å². The Labute approximate surface area is 323 Å². The van der Waals surface area contributed by atoms with Gasteiger partial charge in [0.25, 0.3) is 0 Å². The summed E-state index contributed by atoms with van der Waals surface area (Å²) in [6.45, 7) is 0. The molecule has 11 rings (SSSR count). The lowest BCUT2D eigenvalue weighted by Crippen LogP contribution is -1.96. The van der Waals surface area contributed by atoms with Crippen LogP contribution in [0.25, 0.3) is 106 Å². The van der Waals surface area contributed by atoms with Crippen molar-refractivity contribution in [2.24, 2.45) is 0 Å². The highest BCUT2D eigenvalue weighted by molar-refractivity contribution is 6.10. The fraction of sp³-hybridized carbons (Fsp3) is 0. The number of furan rings is 1. The molecule has 0 N–H and O–H groups in total. The molecular weight excluding hydrogens is 683 g/mol. The molecule has 0 aliphatic heterocycles. The third-order valence-electron chi connectivity index (χ3n) is 10.8. The summed E-state index contributed by atoms with van der Waals surface area (Å²) in [7, 11) is 0. The van der Waals surface area contributed by atoms with Crippen LogP contribution >= 0.6 is 0 Å². The van der Waals surface area contributed by atoms with E-state index in [4.69, 9.17) is 14.4 Å². The molecular formula is C52H33N3O. The Kier molecular flexibility index (Phi) is 7.46. The lowest BCUT2D eigenvalue weighted by molar-refractivity contribution is 0.669. The summed E-state index contributed by atoms with van der Waals surface area (Å²) in [6.07, 6.45) is 0. The van der Waals surface area contributed by atoms with E-state index in [1.165, 1.54) is 32.9 Å². The molecule has 56 heavy (non-hydrogen) atoms. The number of aromatic nitrogens is 3. The molecule has 11 aromatic rings. The molecule has 0 fully saturated rings. The van der Waals surface area contributed by atoms with Crippen LogP contribution < -0.4 is 0 Å². The lowest BCUT2D eigenvalue weighted by atomic mass is 10.0. The fourth-order valence-corrected chi connectivity index (χ4v) is 8.04. The maximum Gasteiger partial charge on any atom is 0.160 e. The molecule has 0 unspecified atom stereocenters. The number of rotatable bonds is 6. The van der Waals surface area contributed by atoms with Gasteiger partial charge in [-0.15, -0.1) is 0 Å². The minimum absolute atomic E-state index is 0.705. The van der Waals surface area contributed by atoms with Crippen molar-refractivity contribution < 1.29 is 4.42 Å². The van der Waals surface area contributed by atoms with Gasteiger partial charge in [0.05, 0.1) is 22.4 Å². The summed E-state index contributed by atoms with van der Waals surface area (Å²) in [5.41, 5.74) is 14.8. The van der Waals surface area contributed by atoms with Crippen molar-refractivity contribution in [3.63, 3.8) is 0 Å². The zero-order valence-electron chi connectivity index (χ0n) is 30.3. The summed E-state index contributed by atoms with van der Waals surface area (Å²) in [6, 6.07) is 70.4. The molecule has 8 aromatic carbocycles. The van der Waals surface area contributed by atoms with Crippen molar-refractivity contribution in [2.75, 3.05) is 0 Å². The van der Waals surface area contributed by atoms with Gasteiger partial charge in [-0.25, -0.2) is 9.97 Å². The van der Waals surface area contributed by atoms with Gasteiger partial charge in [0.15, 0.2) is 5.82 Å². The molecule has 0 bridgehead atoms. The second-order valence-corrected chi connectivity index (χ2v) is 14.2. The summed E-state index contributed by atoms with van der Waals surface area (Å²) in [5, 5.41) is 4.72. The van der Waals surface area contributed by atoms with Crippen LogP contribution in [0.15, 0.2) is 205 Å². The van der Waals surface area contributed by atoms with Gasteiger partial charge in [0.2, 0.25) is 0 Å². The van der Waals surface area contributed by atoms with Gasteiger partial charge in [0.1, 0.15) is 11.2 Å². The number of benzene rings is 8. The summed E-state index contributed by atoms with van der Waals surface area (Å²) >= 11 is 0. The number of nitrogens with zero attached hydrogens (tertiary/aromatic N) is 3. The van der Waals surface area contributed by atoms with Gasteiger partial charge in [-0.1, -0.05) is 146 Å². The Hall–Kier alpha value is -7.56. The lowest BCUT2D eigenvalue weighted by Gasteiger charge is -2.11. The van der Waals surface area contributed by atoms with E-state index in [1.807, 2.05) is 48.5 Å². The second-order valence-electron chi connectivity index (χ2n) is 14.2. The predicted octanol–water partition coefficient (Wildman–Crippen LogP) is 13.8. The first kappa shape index (κ1) is 31.9. The highest BCUT2D eigenvalue weighted by atomic mass is 16.3. The van der Waals surface area contributed by atoms with Crippen LogP contribution in [0, 0.1) is 0 Å². The number of para-hydroxylation sites is 2. The van der Waals surface area contributed by atoms with Crippen LogP contribution in [0.3, 0.4) is 0 Å². The first-order valence-electron chi connectivity index (χ1n) is 18.9. The fourth-order valence-electron chi connectivity index (χ4n) is 8.04. The quantitative estimate of drug-likeness (QED) is 0.172. The zero-order valence-corrected chi connectivity index (χ0v) is 30.3. The molecule has 0 atom stereocenters. The number of hydrogen-bond acceptors (Lipinski definition) is 3. The van der Waals surface area contributed by atoms with Crippen molar-refractivity contribution in [3.8, 4) is 61.8 Å². The molecule has 3 heterocycles. The highest BCUT2D eigenvalue weighted by Crippen LogP contribution is 2.37. The first-order valence-corrected chi connectivity index (χ1v) is 18.9. The van der Waals surface area contributed by atoms with E-state index in [-0.39, 0.29) is 0 Å². The Morgan fingerprint density at radius 3 is 1.52 bits per heavy atom. The second kappa shape index (κ2) is 13.1. The average Bonchev–Trinajstić information content (AvgIpc) is 3.82. The summed E-state index contributed by atoms with van der Waals surface area (Å²) in [5.74, 6) is 0.705. The monoisotopic (exact) mass is 715 g/mol. The van der Waals surface area contributed by atoms with Crippen LogP contribution in [0.2, 0.25) is 0 Å². The molecule has 0 aliphatic rings. The van der Waals surface area contributed by atoms with Gasteiger partial charge in [-0.3, -0.25) is 0 Å². The molecule has 3 aromatic heterocycles. The van der Waals surface area contributed by atoms with E-state index in [9.17, 15) is 0 Å². The van der Waals surface area contributed by atoms with Crippen molar-refractivity contribution >= 4 is 43.7 Å². The standard InChI is InChI=1S/C52H33N3O/c1-3-11-36(12-4-1)46-33-47(37-13-5-2-6-14-37)54-52(53-46)38-21-19-34(20-22-38)39-25-29-49-44(31-39)42-15-7-9-17-48(42)55(49)41-27-23-35(24-28-41)40-26-30-51-45(32-40)43-16-8-10-18-50(43)56-51/h1-33H. The van der Waals surface area contributed by atoms with E-state index >= 15 is 0 Å². The normalized spacial score (nSPS) is 11.6. The molecule has 4 nitrogen and oxygen atoms in total. The van der Waals surface area contributed by atoms with E-state index in [0.29, 0.717) is 5.82 Å². The van der Waals surface area contributed by atoms with E-state index in [1.54, 1.807) is 0 Å². The Morgan fingerprint density at radius 2 is 0.821 bits per heavy atom. The third kappa shape index (κ3) is 5.47. The maximum atomic E-state index is 6.08. The minimum atomic E-state index is 0.705. The van der Waals surface area contributed by atoms with Gasteiger partial charge < -0.3 is 8.98 Å². The van der Waals surface area contributed by atoms with Crippen molar-refractivity contribution in [2.45, 2.75) is 0 Å². The molecule has 0 saturated carbocycles. The van der Waals surface area contributed by atoms with Crippen molar-refractivity contribution in [1.82, 2.24) is 14.5 Å². The van der Waals surface area contributed by atoms with Crippen LogP contribution in [0.4, 0.5) is 0 Å². The van der Waals surface area contributed by atoms with Crippen molar-refractivity contribution in [3.05, 3.63) is 200 Å². The Balaban J connectivity index is 0.943. The van der Waals surface area contributed by atoms with Crippen LogP contribution in [0.5, 0.6) is 0 Å². The van der Waals surface area contributed by atoms with Gasteiger partial charge in [-0.2, -0.15) is 0 Å². The molecule has 0 amide bonds. The molecule has 0 saturated heterocycles.